The van der Waals surface area contributed by atoms with Crippen molar-refractivity contribution in [3.8, 4) is 0 Å². The van der Waals surface area contributed by atoms with Gasteiger partial charge >= 0.3 is 0 Å². The lowest BCUT2D eigenvalue weighted by atomic mass is 10.1. The fourth-order valence-corrected chi connectivity index (χ4v) is 3.70. The van der Waals surface area contributed by atoms with E-state index in [1.807, 2.05) is 18.5 Å². The first-order chi connectivity index (χ1) is 13.3. The molecule has 6 heteroatoms. The first-order valence-electron chi connectivity index (χ1n) is 9.28. The second-order valence-corrected chi connectivity index (χ2v) is 7.47. The van der Waals surface area contributed by atoms with Crippen molar-refractivity contribution in [3.05, 3.63) is 76.5 Å². The molecule has 3 rings (SSSR count). The molecular formula is C21H27N5S. The Labute approximate surface area is 165 Å². The number of guanidine groups is 1. The highest BCUT2D eigenvalue weighted by atomic mass is 32.1. The predicted octanol–water partition coefficient (Wildman–Crippen LogP) is 3.66. The van der Waals surface area contributed by atoms with Gasteiger partial charge in [0.05, 0.1) is 6.54 Å². The number of aryl methyl sites for hydroxylation is 2. The van der Waals surface area contributed by atoms with E-state index in [1.165, 1.54) is 10.4 Å². The summed E-state index contributed by atoms with van der Waals surface area (Å²) in [5.74, 6) is 2.27. The molecule has 2 aromatic heterocycles. The maximum absolute atomic E-state index is 4.49. The number of imidazole rings is 1. The van der Waals surface area contributed by atoms with Gasteiger partial charge in [-0.2, -0.15) is 0 Å². The molecule has 3 aromatic rings. The molecule has 27 heavy (non-hydrogen) atoms. The monoisotopic (exact) mass is 381 g/mol. The third-order valence-corrected chi connectivity index (χ3v) is 5.63. The first kappa shape index (κ1) is 19.2. The zero-order valence-corrected chi connectivity index (χ0v) is 16.7. The Hall–Kier alpha value is -2.60. The highest BCUT2D eigenvalue weighted by Crippen LogP contribution is 2.19. The SMILES string of the molecule is CN=C(NCc1nccn1CCc1ccccc1)NCC(C)c1cccs1. The van der Waals surface area contributed by atoms with E-state index in [-0.39, 0.29) is 0 Å². The minimum atomic E-state index is 0.455. The smallest absolute Gasteiger partial charge is 0.191 e. The Bertz CT molecular complexity index is 823. The summed E-state index contributed by atoms with van der Waals surface area (Å²) in [7, 11) is 1.80. The standard InChI is InChI=1S/C21H27N5S/c1-17(19-9-6-14-27-19)15-24-21(22-2)25-16-20-23-11-13-26(20)12-10-18-7-4-3-5-8-18/h3-9,11,13-14,17H,10,12,15-16H2,1-2H3,(H2,22,24,25). The third-order valence-electron chi connectivity index (χ3n) is 4.53. The van der Waals surface area contributed by atoms with Crippen LogP contribution in [0.4, 0.5) is 0 Å². The van der Waals surface area contributed by atoms with Crippen molar-refractivity contribution in [1.29, 1.82) is 0 Å². The molecule has 1 aromatic carbocycles. The largest absolute Gasteiger partial charge is 0.356 e. The summed E-state index contributed by atoms with van der Waals surface area (Å²) in [5, 5.41) is 8.89. The van der Waals surface area contributed by atoms with Crippen molar-refractivity contribution in [2.24, 2.45) is 4.99 Å². The van der Waals surface area contributed by atoms with Gasteiger partial charge in [-0.3, -0.25) is 4.99 Å². The molecule has 0 aliphatic rings. The van der Waals surface area contributed by atoms with Gasteiger partial charge in [0.25, 0.3) is 0 Å². The van der Waals surface area contributed by atoms with Crippen molar-refractivity contribution < 1.29 is 0 Å². The van der Waals surface area contributed by atoms with E-state index in [1.54, 1.807) is 18.4 Å². The highest BCUT2D eigenvalue weighted by molar-refractivity contribution is 7.10. The molecule has 0 aliphatic carbocycles. The minimum absolute atomic E-state index is 0.455. The number of nitrogens with one attached hydrogen (secondary N) is 2. The molecule has 0 bridgehead atoms. The second kappa shape index (κ2) is 9.92. The van der Waals surface area contributed by atoms with Gasteiger partial charge in [0.2, 0.25) is 0 Å². The van der Waals surface area contributed by atoms with Gasteiger partial charge in [-0.15, -0.1) is 11.3 Å². The molecule has 0 amide bonds. The fourth-order valence-electron chi connectivity index (χ4n) is 2.91. The number of aliphatic imine (C=N–C) groups is 1. The number of rotatable bonds is 8. The van der Waals surface area contributed by atoms with Crippen LogP contribution in [0.2, 0.25) is 0 Å². The van der Waals surface area contributed by atoms with E-state index in [0.717, 1.165) is 31.3 Å². The van der Waals surface area contributed by atoms with Gasteiger partial charge in [-0.25, -0.2) is 4.98 Å². The summed E-state index contributed by atoms with van der Waals surface area (Å²) in [6, 6.07) is 14.8. The van der Waals surface area contributed by atoms with Gasteiger partial charge in [0, 0.05) is 43.3 Å². The van der Waals surface area contributed by atoms with E-state index in [2.05, 4.69) is 73.9 Å². The zero-order valence-electron chi connectivity index (χ0n) is 15.9. The molecule has 1 unspecified atom stereocenters. The quantitative estimate of drug-likeness (QED) is 0.462. The Morgan fingerprint density at radius 2 is 2.04 bits per heavy atom. The summed E-state index contributed by atoms with van der Waals surface area (Å²) in [6.07, 6.45) is 4.89. The van der Waals surface area contributed by atoms with Gasteiger partial charge in [-0.05, 0) is 23.4 Å². The summed E-state index contributed by atoms with van der Waals surface area (Å²) in [5.41, 5.74) is 1.34. The second-order valence-electron chi connectivity index (χ2n) is 6.50. The van der Waals surface area contributed by atoms with Gasteiger partial charge in [-0.1, -0.05) is 43.3 Å². The van der Waals surface area contributed by atoms with Crippen LogP contribution in [-0.2, 0) is 19.5 Å². The van der Waals surface area contributed by atoms with Crippen LogP contribution in [0.1, 0.15) is 29.1 Å². The topological polar surface area (TPSA) is 54.2 Å². The number of thiophene rings is 1. The van der Waals surface area contributed by atoms with E-state index in [9.17, 15) is 0 Å². The normalized spacial score (nSPS) is 12.7. The van der Waals surface area contributed by atoms with Crippen LogP contribution in [-0.4, -0.2) is 29.1 Å². The van der Waals surface area contributed by atoms with Gasteiger partial charge in [0.1, 0.15) is 5.82 Å². The van der Waals surface area contributed by atoms with Crippen LogP contribution in [0.15, 0.2) is 65.2 Å². The molecule has 2 heterocycles. The predicted molar refractivity (Wildman–Crippen MR) is 113 cm³/mol. The molecular weight excluding hydrogens is 354 g/mol. The molecule has 142 valence electrons. The molecule has 0 aliphatic heterocycles. The van der Waals surface area contributed by atoms with Crippen molar-refractivity contribution in [3.63, 3.8) is 0 Å². The Morgan fingerprint density at radius 1 is 1.19 bits per heavy atom. The molecule has 0 saturated carbocycles. The number of hydrogen-bond donors (Lipinski definition) is 2. The maximum Gasteiger partial charge on any atom is 0.191 e. The van der Waals surface area contributed by atoms with Crippen LogP contribution >= 0.6 is 11.3 Å². The number of hydrogen-bond acceptors (Lipinski definition) is 3. The fraction of sp³-hybridized carbons (Fsp3) is 0.333. The van der Waals surface area contributed by atoms with Crippen LogP contribution in [0.3, 0.4) is 0 Å². The average molecular weight is 382 g/mol. The lowest BCUT2D eigenvalue weighted by Gasteiger charge is -2.15. The Kier molecular flexibility index (Phi) is 7.04. The van der Waals surface area contributed by atoms with E-state index >= 15 is 0 Å². The molecule has 0 saturated heterocycles. The van der Waals surface area contributed by atoms with E-state index in [4.69, 9.17) is 0 Å². The van der Waals surface area contributed by atoms with Crippen molar-refractivity contribution in [1.82, 2.24) is 20.2 Å². The summed E-state index contributed by atoms with van der Waals surface area (Å²) in [4.78, 5) is 10.2. The average Bonchev–Trinajstić information content (AvgIpc) is 3.39. The maximum atomic E-state index is 4.49. The number of benzene rings is 1. The number of aromatic nitrogens is 2. The summed E-state index contributed by atoms with van der Waals surface area (Å²) < 4.78 is 2.20. The molecule has 0 spiro atoms. The van der Waals surface area contributed by atoms with E-state index in [0.29, 0.717) is 12.5 Å². The summed E-state index contributed by atoms with van der Waals surface area (Å²) in [6.45, 7) is 4.64. The molecule has 1 atom stereocenters. The highest BCUT2D eigenvalue weighted by Gasteiger charge is 2.09. The lowest BCUT2D eigenvalue weighted by Crippen LogP contribution is -2.39. The molecule has 0 fully saturated rings. The van der Waals surface area contributed by atoms with Crippen molar-refractivity contribution >= 4 is 17.3 Å². The lowest BCUT2D eigenvalue weighted by molar-refractivity contribution is 0.631. The first-order valence-corrected chi connectivity index (χ1v) is 10.2. The Balaban J connectivity index is 1.48. The number of nitrogens with zero attached hydrogens (tertiary/aromatic N) is 3. The van der Waals surface area contributed by atoms with Crippen molar-refractivity contribution in [2.45, 2.75) is 32.4 Å². The van der Waals surface area contributed by atoms with Crippen LogP contribution in [0.5, 0.6) is 0 Å². The minimum Gasteiger partial charge on any atom is -0.356 e. The van der Waals surface area contributed by atoms with Crippen LogP contribution < -0.4 is 10.6 Å². The third kappa shape index (κ3) is 5.69. The van der Waals surface area contributed by atoms with Gasteiger partial charge in [0.15, 0.2) is 5.96 Å². The Morgan fingerprint density at radius 3 is 2.78 bits per heavy atom. The van der Waals surface area contributed by atoms with Crippen LogP contribution in [0, 0.1) is 0 Å². The molecule has 2 N–H and O–H groups in total. The van der Waals surface area contributed by atoms with Gasteiger partial charge < -0.3 is 15.2 Å². The molecule has 5 nitrogen and oxygen atoms in total. The zero-order chi connectivity index (χ0) is 18.9. The summed E-state index contributed by atoms with van der Waals surface area (Å²) >= 11 is 1.79. The van der Waals surface area contributed by atoms with Crippen molar-refractivity contribution in [2.75, 3.05) is 13.6 Å². The molecule has 0 radical (unpaired) electrons. The van der Waals surface area contributed by atoms with E-state index < -0.39 is 0 Å². The van der Waals surface area contributed by atoms with Crippen LogP contribution in [0.25, 0.3) is 0 Å².